The Morgan fingerprint density at radius 3 is 2.82 bits per heavy atom. The molecule has 2 aliphatic rings. The molecule has 0 nitrogen and oxygen atoms in total. The number of hydrogen-bond donors (Lipinski definition) is 0. The van der Waals surface area contributed by atoms with Crippen LogP contribution < -0.4 is 0 Å². The first-order chi connectivity index (χ1) is 5.23. The summed E-state index contributed by atoms with van der Waals surface area (Å²) in [5.74, 6) is 4.13. The summed E-state index contributed by atoms with van der Waals surface area (Å²) < 4.78 is 0.776. The van der Waals surface area contributed by atoms with Gasteiger partial charge in [0.2, 0.25) is 0 Å². The van der Waals surface area contributed by atoms with Crippen LogP contribution in [0.3, 0.4) is 0 Å². The van der Waals surface area contributed by atoms with Gasteiger partial charge in [-0.05, 0) is 43.5 Å². The van der Waals surface area contributed by atoms with Gasteiger partial charge in [0.1, 0.15) is 16.3 Å². The van der Waals surface area contributed by atoms with Gasteiger partial charge in [0.25, 0.3) is 0 Å². The molecule has 0 aliphatic carbocycles. The van der Waals surface area contributed by atoms with Gasteiger partial charge in [-0.1, -0.05) is 6.92 Å². The zero-order valence-corrected chi connectivity index (χ0v) is 8.54. The molecule has 0 bridgehead atoms. The van der Waals surface area contributed by atoms with Crippen molar-refractivity contribution in [2.24, 2.45) is 5.92 Å². The molecule has 1 heteroatoms. The molecule has 11 heavy (non-hydrogen) atoms. The highest BCUT2D eigenvalue weighted by Crippen LogP contribution is 2.45. The molecule has 0 aromatic carbocycles. The second kappa shape index (κ2) is 2.69. The van der Waals surface area contributed by atoms with Crippen LogP contribution in [-0.2, 0) is 10.9 Å². The van der Waals surface area contributed by atoms with E-state index in [1.807, 2.05) is 0 Å². The van der Waals surface area contributed by atoms with E-state index in [9.17, 15) is 0 Å². The maximum absolute atomic E-state index is 2.55. The molecule has 0 N–H and O–H groups in total. The third-order valence-electron chi connectivity index (χ3n) is 3.81. The third kappa shape index (κ3) is 1.12. The lowest BCUT2D eigenvalue weighted by atomic mass is 9.88. The van der Waals surface area contributed by atoms with E-state index in [1.165, 1.54) is 25.7 Å². The lowest BCUT2D eigenvalue weighted by Gasteiger charge is -2.31. The first-order valence-corrected chi connectivity index (χ1v) is 6.47. The van der Waals surface area contributed by atoms with Crippen LogP contribution in [0.25, 0.3) is 0 Å². The molecule has 2 heterocycles. The molecule has 0 radical (unpaired) electrons. The Kier molecular flexibility index (Phi) is 1.95. The second-order valence-electron chi connectivity index (χ2n) is 4.36. The average molecular weight is 171 g/mol. The Hall–Kier alpha value is 0.350. The molecule has 2 fully saturated rings. The minimum absolute atomic E-state index is 0.776. The predicted molar refractivity (Wildman–Crippen MR) is 53.1 cm³/mol. The Bertz CT molecular complexity index is 153. The number of rotatable bonds is 0. The summed E-state index contributed by atoms with van der Waals surface area (Å²) >= 11 is 0. The van der Waals surface area contributed by atoms with Gasteiger partial charge >= 0.3 is 0 Å². The highest BCUT2D eigenvalue weighted by Gasteiger charge is 2.53. The maximum Gasteiger partial charge on any atom is 0.128 e. The minimum atomic E-state index is 0.776. The zero-order valence-electron chi connectivity index (χ0n) is 7.73. The predicted octanol–water partition coefficient (Wildman–Crippen LogP) is 2.59. The molecule has 0 aromatic heterocycles. The van der Waals surface area contributed by atoms with E-state index in [0.29, 0.717) is 0 Å². The quantitative estimate of drug-likeness (QED) is 0.491. The van der Waals surface area contributed by atoms with Crippen LogP contribution in [0.5, 0.6) is 0 Å². The van der Waals surface area contributed by atoms with Gasteiger partial charge in [0.05, 0.1) is 0 Å². The Labute approximate surface area is 73.1 Å². The largest absolute Gasteiger partial charge is 0.128 e. The van der Waals surface area contributed by atoms with Crippen molar-refractivity contribution in [3.8, 4) is 0 Å². The lowest BCUT2D eigenvalue weighted by molar-refractivity contribution is 0.400. The summed E-state index contributed by atoms with van der Waals surface area (Å²) in [7, 11) is 0.819. The maximum atomic E-state index is 2.55. The summed E-state index contributed by atoms with van der Waals surface area (Å²) in [6.07, 6.45) is 6.06. The van der Waals surface area contributed by atoms with Gasteiger partial charge in [-0.3, -0.25) is 0 Å². The lowest BCUT2D eigenvalue weighted by Crippen LogP contribution is -2.40. The van der Waals surface area contributed by atoms with Crippen molar-refractivity contribution in [2.45, 2.75) is 44.3 Å². The van der Waals surface area contributed by atoms with Crippen LogP contribution in [0.2, 0.25) is 0 Å². The van der Waals surface area contributed by atoms with Crippen molar-refractivity contribution in [1.29, 1.82) is 0 Å². The highest BCUT2D eigenvalue weighted by molar-refractivity contribution is 7.98. The molecule has 2 rings (SSSR count). The summed E-state index contributed by atoms with van der Waals surface area (Å²) in [6.45, 7) is 5.02. The smallest absolute Gasteiger partial charge is 0.0573 e. The third-order valence-corrected chi connectivity index (χ3v) is 7.25. The minimum Gasteiger partial charge on any atom is -0.0573 e. The molecule has 1 unspecified atom stereocenters. The molecule has 2 saturated heterocycles. The van der Waals surface area contributed by atoms with Crippen LogP contribution in [0.1, 0.15) is 39.5 Å². The highest BCUT2D eigenvalue weighted by atomic mass is 32.2. The van der Waals surface area contributed by atoms with Crippen molar-refractivity contribution in [3.63, 3.8) is 0 Å². The Morgan fingerprint density at radius 1 is 1.27 bits per heavy atom. The van der Waals surface area contributed by atoms with Crippen LogP contribution in [0, 0.1) is 5.92 Å². The molecule has 0 amide bonds. The van der Waals surface area contributed by atoms with E-state index in [1.54, 1.807) is 11.5 Å². The SMILES string of the molecule is C[C@H]1CC[S+]2CCCC[C@]12C. The first-order valence-electron chi connectivity index (χ1n) is 4.91. The molecule has 3 atom stereocenters. The topological polar surface area (TPSA) is 0 Å². The monoisotopic (exact) mass is 171 g/mol. The van der Waals surface area contributed by atoms with Crippen molar-refractivity contribution >= 4 is 10.9 Å². The fourth-order valence-corrected chi connectivity index (χ4v) is 6.07. The average Bonchev–Trinajstić information content (AvgIpc) is 2.29. The van der Waals surface area contributed by atoms with Crippen LogP contribution >= 0.6 is 0 Å². The first kappa shape index (κ1) is 7.97. The van der Waals surface area contributed by atoms with E-state index >= 15 is 0 Å². The van der Waals surface area contributed by atoms with Crippen molar-refractivity contribution in [2.75, 3.05) is 11.5 Å². The van der Waals surface area contributed by atoms with E-state index in [0.717, 1.165) is 21.6 Å². The van der Waals surface area contributed by atoms with Crippen molar-refractivity contribution in [1.82, 2.24) is 0 Å². The second-order valence-corrected chi connectivity index (χ2v) is 7.10. The molecule has 0 spiro atoms. The summed E-state index contributed by atoms with van der Waals surface area (Å²) in [5.41, 5.74) is 0. The van der Waals surface area contributed by atoms with Gasteiger partial charge in [0, 0.05) is 5.92 Å². The van der Waals surface area contributed by atoms with Crippen LogP contribution in [0.4, 0.5) is 0 Å². The zero-order chi connectivity index (χ0) is 7.90. The van der Waals surface area contributed by atoms with E-state index in [2.05, 4.69) is 13.8 Å². The molecular formula is C10H19S+. The van der Waals surface area contributed by atoms with Crippen LogP contribution in [0.15, 0.2) is 0 Å². The normalized spacial score (nSPS) is 50.7. The molecule has 0 saturated carbocycles. The Balaban J connectivity index is 2.16. The fraction of sp³-hybridized carbons (Fsp3) is 1.00. The summed E-state index contributed by atoms with van der Waals surface area (Å²) in [4.78, 5) is 0. The summed E-state index contributed by atoms with van der Waals surface area (Å²) in [6, 6.07) is 0. The number of hydrogen-bond acceptors (Lipinski definition) is 0. The standard InChI is InChI=1S/C10H19S/c1-9-5-8-11-7-4-3-6-10(9,11)2/h9H,3-8H2,1-2H3/q+1/t9-,10+,11?/m0/s1. The molecule has 64 valence electrons. The summed E-state index contributed by atoms with van der Waals surface area (Å²) in [5, 5.41) is 0. The van der Waals surface area contributed by atoms with E-state index in [-0.39, 0.29) is 0 Å². The van der Waals surface area contributed by atoms with Crippen molar-refractivity contribution < 1.29 is 0 Å². The van der Waals surface area contributed by atoms with Crippen molar-refractivity contribution in [3.05, 3.63) is 0 Å². The van der Waals surface area contributed by atoms with Gasteiger partial charge in [0.15, 0.2) is 0 Å². The van der Waals surface area contributed by atoms with Gasteiger partial charge in [-0.15, -0.1) is 0 Å². The van der Waals surface area contributed by atoms with Gasteiger partial charge < -0.3 is 0 Å². The van der Waals surface area contributed by atoms with Gasteiger partial charge in [-0.25, -0.2) is 0 Å². The van der Waals surface area contributed by atoms with Crippen LogP contribution in [-0.4, -0.2) is 16.3 Å². The number of fused-ring (bicyclic) bond motifs is 1. The molecule has 0 aromatic rings. The van der Waals surface area contributed by atoms with E-state index in [4.69, 9.17) is 0 Å². The van der Waals surface area contributed by atoms with E-state index < -0.39 is 0 Å². The fourth-order valence-electron chi connectivity index (χ4n) is 2.62. The molecule has 2 aliphatic heterocycles. The Morgan fingerprint density at radius 2 is 2.09 bits per heavy atom. The van der Waals surface area contributed by atoms with Gasteiger partial charge in [-0.2, -0.15) is 0 Å². The molecular weight excluding hydrogens is 152 g/mol.